The maximum atomic E-state index is 4.01. The van der Waals surface area contributed by atoms with Crippen LogP contribution in [0.5, 0.6) is 0 Å². The van der Waals surface area contributed by atoms with Crippen molar-refractivity contribution in [2.75, 3.05) is 26.7 Å². The van der Waals surface area contributed by atoms with Crippen LogP contribution in [-0.4, -0.2) is 47.6 Å². The average molecular weight is 529 g/mol. The summed E-state index contributed by atoms with van der Waals surface area (Å²) in [6.07, 6.45) is 15.3. The molecule has 0 amide bonds. The molecule has 0 aromatic carbocycles. The number of nitrogens with zero attached hydrogens (tertiary/aromatic N) is 3. The zero-order valence-corrected chi connectivity index (χ0v) is 26.2. The lowest BCUT2D eigenvalue weighted by Crippen LogP contribution is -2.47. The molecule has 0 saturated carbocycles. The van der Waals surface area contributed by atoms with Gasteiger partial charge in [0.25, 0.3) is 0 Å². The molecule has 0 radical (unpaired) electrons. The largest absolute Gasteiger partial charge is 0.314 e. The first-order valence-corrected chi connectivity index (χ1v) is 14.7. The molecule has 1 atom stereocenters. The van der Waals surface area contributed by atoms with E-state index in [0.29, 0.717) is 11.8 Å². The highest BCUT2D eigenvalue weighted by Crippen LogP contribution is 2.15. The Bertz CT molecular complexity index is 688. The van der Waals surface area contributed by atoms with Gasteiger partial charge in [-0.15, -0.1) is 0 Å². The summed E-state index contributed by atoms with van der Waals surface area (Å²) in [7, 11) is 2.17. The SMILES string of the molecule is C.CC.CC.CC(C)c1cccnc1.CC(C)c1cccnc1.CC1=CCCCC1.C[C@@H]1CNCCN1C. The number of aromatic nitrogens is 2. The molecule has 220 valence electrons. The fourth-order valence-corrected chi connectivity index (χ4v) is 3.38. The second-order valence-electron chi connectivity index (χ2n) is 9.71. The summed E-state index contributed by atoms with van der Waals surface area (Å²) in [6.45, 7) is 24.6. The summed E-state index contributed by atoms with van der Waals surface area (Å²) in [4.78, 5) is 10.4. The minimum absolute atomic E-state index is 0. The van der Waals surface area contributed by atoms with Crippen molar-refractivity contribution >= 4 is 0 Å². The van der Waals surface area contributed by atoms with Crippen LogP contribution in [0.4, 0.5) is 0 Å². The number of piperazine rings is 1. The standard InChI is InChI=1S/2C8H11N.C7H12.C6H14N2.2C2H6.CH4/c2*1-7(2)8-4-3-5-9-6-8;1-7-5-3-2-4-6-7;1-6-5-7-3-4-8(6)2;2*1-2;/h2*3-7H,1-2H3;5H,2-4,6H2,1H3;6-7H,3-5H2,1-2H3;2*1-2H3;1H4/t;;;6-;;;/m...1.../s1. The molecule has 1 N–H and O–H groups in total. The molecule has 0 unspecified atom stereocenters. The average Bonchev–Trinajstić information content (AvgIpc) is 2.95. The molecule has 2 aromatic rings. The predicted octanol–water partition coefficient (Wildman–Crippen LogP) is 9.52. The molecule has 1 aliphatic heterocycles. The van der Waals surface area contributed by atoms with E-state index in [0.717, 1.165) is 19.1 Å². The van der Waals surface area contributed by atoms with Crippen LogP contribution in [0, 0.1) is 0 Å². The first-order chi connectivity index (χ1) is 17.8. The molecule has 4 nitrogen and oxygen atoms in total. The Kier molecular flexibility index (Phi) is 29.8. The van der Waals surface area contributed by atoms with Crippen molar-refractivity contribution in [3.05, 3.63) is 71.8 Å². The smallest absolute Gasteiger partial charge is 0.0302 e. The minimum atomic E-state index is 0. The van der Waals surface area contributed by atoms with E-state index in [1.54, 1.807) is 18.0 Å². The summed E-state index contributed by atoms with van der Waals surface area (Å²) >= 11 is 0. The molecule has 3 heterocycles. The number of rotatable bonds is 2. The van der Waals surface area contributed by atoms with Crippen molar-refractivity contribution in [3.8, 4) is 0 Å². The minimum Gasteiger partial charge on any atom is -0.314 e. The van der Waals surface area contributed by atoms with Crippen LogP contribution in [0.1, 0.15) is 125 Å². The maximum Gasteiger partial charge on any atom is 0.0302 e. The van der Waals surface area contributed by atoms with Gasteiger partial charge in [-0.2, -0.15) is 0 Å². The number of nitrogens with one attached hydrogen (secondary N) is 1. The van der Waals surface area contributed by atoms with E-state index in [9.17, 15) is 0 Å². The van der Waals surface area contributed by atoms with Gasteiger partial charge in [0.15, 0.2) is 0 Å². The third-order valence-corrected chi connectivity index (χ3v) is 6.05. The molecule has 1 aliphatic carbocycles. The van der Waals surface area contributed by atoms with Crippen LogP contribution < -0.4 is 5.32 Å². The molecule has 4 rings (SSSR count). The zero-order chi connectivity index (χ0) is 28.5. The Morgan fingerprint density at radius 2 is 1.37 bits per heavy atom. The van der Waals surface area contributed by atoms with Gasteiger partial charge in [-0.05, 0) is 81.7 Å². The van der Waals surface area contributed by atoms with E-state index in [1.807, 2.05) is 52.2 Å². The Hall–Kier alpha value is -2.04. The lowest BCUT2D eigenvalue weighted by molar-refractivity contribution is 0.215. The van der Waals surface area contributed by atoms with Gasteiger partial charge in [0.1, 0.15) is 0 Å². The lowest BCUT2D eigenvalue weighted by atomic mass is 10.0. The first-order valence-electron chi connectivity index (χ1n) is 14.7. The van der Waals surface area contributed by atoms with Crippen molar-refractivity contribution in [2.45, 2.75) is 120 Å². The third kappa shape index (κ3) is 22.0. The van der Waals surface area contributed by atoms with Gasteiger partial charge in [0.2, 0.25) is 0 Å². The van der Waals surface area contributed by atoms with E-state index < -0.39 is 0 Å². The summed E-state index contributed by atoms with van der Waals surface area (Å²) in [5, 5.41) is 3.32. The van der Waals surface area contributed by atoms with E-state index in [2.05, 4.69) is 87.0 Å². The molecular weight excluding hydrogens is 464 g/mol. The van der Waals surface area contributed by atoms with E-state index >= 15 is 0 Å². The molecule has 2 aromatic heterocycles. The molecular formula is C34H64N4. The van der Waals surface area contributed by atoms with Crippen molar-refractivity contribution in [2.24, 2.45) is 0 Å². The number of pyridine rings is 2. The molecule has 1 fully saturated rings. The number of likely N-dealkylation sites (N-methyl/N-ethyl adjacent to an activating group) is 1. The second-order valence-corrected chi connectivity index (χ2v) is 9.71. The molecule has 2 aliphatic rings. The van der Waals surface area contributed by atoms with Gasteiger partial charge in [-0.1, -0.05) is 86.6 Å². The topological polar surface area (TPSA) is 41.1 Å². The Labute approximate surface area is 238 Å². The van der Waals surface area contributed by atoms with Gasteiger partial charge < -0.3 is 10.2 Å². The van der Waals surface area contributed by atoms with Gasteiger partial charge in [0.05, 0.1) is 0 Å². The highest BCUT2D eigenvalue weighted by Gasteiger charge is 2.11. The van der Waals surface area contributed by atoms with Crippen LogP contribution in [0.15, 0.2) is 60.7 Å². The number of hydrogen-bond donors (Lipinski definition) is 1. The van der Waals surface area contributed by atoms with Crippen molar-refractivity contribution in [1.82, 2.24) is 20.2 Å². The predicted molar refractivity (Wildman–Crippen MR) is 173 cm³/mol. The second kappa shape index (κ2) is 28.0. The summed E-state index contributed by atoms with van der Waals surface area (Å²) in [6, 6.07) is 8.85. The van der Waals surface area contributed by atoms with Crippen LogP contribution in [0.25, 0.3) is 0 Å². The van der Waals surface area contributed by atoms with Crippen LogP contribution in [0.2, 0.25) is 0 Å². The lowest BCUT2D eigenvalue weighted by Gasteiger charge is -2.29. The molecule has 0 bridgehead atoms. The monoisotopic (exact) mass is 529 g/mol. The fraction of sp³-hybridized carbons (Fsp3) is 0.647. The Morgan fingerprint density at radius 1 is 0.868 bits per heavy atom. The normalized spacial score (nSPS) is 16.0. The van der Waals surface area contributed by atoms with E-state index in [1.165, 1.54) is 43.4 Å². The maximum absolute atomic E-state index is 4.01. The highest BCUT2D eigenvalue weighted by molar-refractivity contribution is 5.12. The van der Waals surface area contributed by atoms with Gasteiger partial charge in [-0.25, -0.2) is 0 Å². The van der Waals surface area contributed by atoms with Crippen molar-refractivity contribution < 1.29 is 0 Å². The van der Waals surface area contributed by atoms with E-state index in [-0.39, 0.29) is 7.43 Å². The molecule has 0 spiro atoms. The summed E-state index contributed by atoms with van der Waals surface area (Å²) in [5.41, 5.74) is 4.20. The van der Waals surface area contributed by atoms with Crippen molar-refractivity contribution in [1.29, 1.82) is 0 Å². The fourth-order valence-electron chi connectivity index (χ4n) is 3.38. The summed E-state index contributed by atoms with van der Waals surface area (Å²) in [5.74, 6) is 1.19. The van der Waals surface area contributed by atoms with Crippen LogP contribution in [-0.2, 0) is 0 Å². The Morgan fingerprint density at radius 3 is 1.58 bits per heavy atom. The zero-order valence-electron chi connectivity index (χ0n) is 26.2. The van der Waals surface area contributed by atoms with E-state index in [4.69, 9.17) is 0 Å². The van der Waals surface area contributed by atoms with Crippen LogP contribution >= 0.6 is 0 Å². The number of hydrogen-bond acceptors (Lipinski definition) is 4. The van der Waals surface area contributed by atoms with Crippen LogP contribution in [0.3, 0.4) is 0 Å². The molecule has 4 heteroatoms. The molecule has 38 heavy (non-hydrogen) atoms. The van der Waals surface area contributed by atoms with Crippen molar-refractivity contribution in [3.63, 3.8) is 0 Å². The quantitative estimate of drug-likeness (QED) is 0.394. The van der Waals surface area contributed by atoms with Gasteiger partial charge in [0, 0.05) is 50.5 Å². The van der Waals surface area contributed by atoms with Gasteiger partial charge in [-0.3, -0.25) is 9.97 Å². The molecule has 1 saturated heterocycles. The summed E-state index contributed by atoms with van der Waals surface area (Å²) < 4.78 is 0. The Balaban J connectivity index is -0.000000409. The first kappa shape index (κ1) is 40.5. The third-order valence-electron chi connectivity index (χ3n) is 6.05. The van der Waals surface area contributed by atoms with Gasteiger partial charge >= 0.3 is 0 Å². The number of allylic oxidation sites excluding steroid dienone is 2. The highest BCUT2D eigenvalue weighted by atomic mass is 15.2.